The normalized spacial score (nSPS) is 13.2. The molecule has 0 spiro atoms. The maximum absolute atomic E-state index is 13.8. The number of aryl methyl sites for hydroxylation is 2. The van der Waals surface area contributed by atoms with Gasteiger partial charge in [-0.2, -0.15) is 26.3 Å². The van der Waals surface area contributed by atoms with E-state index in [2.05, 4.69) is 0 Å². The van der Waals surface area contributed by atoms with Crippen LogP contribution in [0.4, 0.5) is 26.3 Å². The predicted molar refractivity (Wildman–Crippen MR) is 76.9 cm³/mol. The summed E-state index contributed by atoms with van der Waals surface area (Å²) >= 11 is 0. The Morgan fingerprint density at radius 1 is 0.750 bits per heavy atom. The van der Waals surface area contributed by atoms with E-state index in [4.69, 9.17) is 0 Å². The molecule has 0 saturated heterocycles. The van der Waals surface area contributed by atoms with Crippen LogP contribution in [0.5, 0.6) is 5.75 Å². The molecule has 0 atom stereocenters. The van der Waals surface area contributed by atoms with Crippen LogP contribution in [0.3, 0.4) is 0 Å². The summed E-state index contributed by atoms with van der Waals surface area (Å²) in [4.78, 5) is 0. The second-order valence-electron chi connectivity index (χ2n) is 5.62. The lowest BCUT2D eigenvalue weighted by Crippen LogP contribution is -2.54. The molecule has 0 unspecified atom stereocenters. The highest BCUT2D eigenvalue weighted by atomic mass is 19.4. The Kier molecular flexibility index (Phi) is 4.33. The summed E-state index contributed by atoms with van der Waals surface area (Å²) in [6.07, 6.45) is -11.2. The SMILES string of the molecule is Cc1cccc(C(c2ccc(O)c(C)c2)(C(F)(F)F)C(F)(F)F)c1. The van der Waals surface area contributed by atoms with Crippen LogP contribution >= 0.6 is 0 Å². The third kappa shape index (κ3) is 2.72. The van der Waals surface area contributed by atoms with Gasteiger partial charge in [0, 0.05) is 0 Å². The smallest absolute Gasteiger partial charge is 0.411 e. The zero-order valence-corrected chi connectivity index (χ0v) is 12.8. The molecule has 1 nitrogen and oxygen atoms in total. The van der Waals surface area contributed by atoms with Crippen LogP contribution in [0, 0.1) is 13.8 Å². The number of hydrogen-bond acceptors (Lipinski definition) is 1. The van der Waals surface area contributed by atoms with Crippen LogP contribution in [0.2, 0.25) is 0 Å². The van der Waals surface area contributed by atoms with Gasteiger partial charge in [-0.3, -0.25) is 0 Å². The number of benzene rings is 2. The summed E-state index contributed by atoms with van der Waals surface area (Å²) in [5.74, 6) is -0.374. The van der Waals surface area contributed by atoms with Crippen molar-refractivity contribution in [1.82, 2.24) is 0 Å². The predicted octanol–water partition coefficient (Wildman–Crippen LogP) is 5.42. The van der Waals surface area contributed by atoms with Gasteiger partial charge in [-0.25, -0.2) is 0 Å². The minimum absolute atomic E-state index is 0.0713. The summed E-state index contributed by atoms with van der Waals surface area (Å²) in [6, 6.07) is 6.49. The van der Waals surface area contributed by atoms with E-state index < -0.39 is 28.9 Å². The van der Waals surface area contributed by atoms with E-state index in [1.54, 1.807) is 0 Å². The second kappa shape index (κ2) is 5.72. The number of aromatic hydroxyl groups is 1. The first-order valence-corrected chi connectivity index (χ1v) is 6.92. The number of halogens is 6. The monoisotopic (exact) mass is 348 g/mol. The molecule has 0 aliphatic rings. The molecule has 130 valence electrons. The first kappa shape index (κ1) is 18.2. The van der Waals surface area contributed by atoms with Gasteiger partial charge in [-0.15, -0.1) is 0 Å². The molecule has 0 fully saturated rings. The van der Waals surface area contributed by atoms with Crippen molar-refractivity contribution in [2.24, 2.45) is 0 Å². The van der Waals surface area contributed by atoms with Crippen molar-refractivity contribution in [3.05, 3.63) is 64.7 Å². The van der Waals surface area contributed by atoms with Crippen molar-refractivity contribution in [3.8, 4) is 5.75 Å². The highest BCUT2D eigenvalue weighted by Gasteiger charge is 2.72. The van der Waals surface area contributed by atoms with Crippen molar-refractivity contribution in [2.45, 2.75) is 31.6 Å². The Balaban J connectivity index is 2.94. The van der Waals surface area contributed by atoms with Crippen LogP contribution in [0.15, 0.2) is 42.5 Å². The highest BCUT2D eigenvalue weighted by molar-refractivity contribution is 5.48. The van der Waals surface area contributed by atoms with Crippen molar-refractivity contribution < 1.29 is 31.4 Å². The van der Waals surface area contributed by atoms with Crippen molar-refractivity contribution in [1.29, 1.82) is 0 Å². The first-order valence-electron chi connectivity index (χ1n) is 6.92. The average molecular weight is 348 g/mol. The molecule has 1 N–H and O–H groups in total. The summed E-state index contributed by atoms with van der Waals surface area (Å²) in [6.45, 7) is 2.66. The van der Waals surface area contributed by atoms with E-state index in [1.165, 1.54) is 19.9 Å². The van der Waals surface area contributed by atoms with Gasteiger partial charge >= 0.3 is 12.4 Å². The van der Waals surface area contributed by atoms with Gasteiger partial charge in [0.1, 0.15) is 5.75 Å². The quantitative estimate of drug-likeness (QED) is 0.719. The van der Waals surface area contributed by atoms with Crippen LogP contribution in [-0.4, -0.2) is 17.5 Å². The summed E-state index contributed by atoms with van der Waals surface area (Å²) in [5.41, 5.74) is -5.86. The maximum atomic E-state index is 13.8. The Hall–Kier alpha value is -2.18. The van der Waals surface area contributed by atoms with Crippen molar-refractivity contribution in [2.75, 3.05) is 0 Å². The van der Waals surface area contributed by atoms with E-state index in [-0.39, 0.29) is 16.9 Å². The van der Waals surface area contributed by atoms with E-state index >= 15 is 0 Å². The van der Waals surface area contributed by atoms with Gasteiger partial charge in [0.25, 0.3) is 0 Å². The van der Waals surface area contributed by atoms with Gasteiger partial charge in [0.15, 0.2) is 0 Å². The van der Waals surface area contributed by atoms with Crippen molar-refractivity contribution in [3.63, 3.8) is 0 Å². The minimum Gasteiger partial charge on any atom is -0.508 e. The van der Waals surface area contributed by atoms with Crippen LogP contribution < -0.4 is 0 Å². The first-order chi connectivity index (χ1) is 10.9. The average Bonchev–Trinajstić information content (AvgIpc) is 2.40. The van der Waals surface area contributed by atoms with Crippen LogP contribution in [0.1, 0.15) is 22.3 Å². The molecule has 0 amide bonds. The lowest BCUT2D eigenvalue weighted by Gasteiger charge is -2.38. The maximum Gasteiger partial charge on any atom is 0.411 e. The molecule has 2 rings (SSSR count). The van der Waals surface area contributed by atoms with Gasteiger partial charge in [0.05, 0.1) is 0 Å². The van der Waals surface area contributed by atoms with Crippen LogP contribution in [0.25, 0.3) is 0 Å². The molecule has 0 heterocycles. The molecule has 24 heavy (non-hydrogen) atoms. The van der Waals surface area contributed by atoms with E-state index in [0.717, 1.165) is 30.3 Å². The topological polar surface area (TPSA) is 20.2 Å². The lowest BCUT2D eigenvalue weighted by molar-refractivity contribution is -0.288. The molecule has 0 aromatic heterocycles. The lowest BCUT2D eigenvalue weighted by atomic mass is 9.72. The molecular formula is C17H14F6O. The molecular weight excluding hydrogens is 334 g/mol. The number of rotatable bonds is 2. The standard InChI is InChI=1S/C17H14F6O/c1-10-4-3-5-12(8-10)15(16(18,19)20,17(21,22)23)13-6-7-14(24)11(2)9-13/h3-9,24H,1-2H3. The fourth-order valence-corrected chi connectivity index (χ4v) is 2.75. The highest BCUT2D eigenvalue weighted by Crippen LogP contribution is 2.56. The Morgan fingerprint density at radius 2 is 1.29 bits per heavy atom. The van der Waals surface area contributed by atoms with Crippen LogP contribution in [-0.2, 0) is 5.41 Å². The summed E-state index contributed by atoms with van der Waals surface area (Å²) in [7, 11) is 0. The second-order valence-corrected chi connectivity index (χ2v) is 5.62. The molecule has 0 saturated carbocycles. The minimum atomic E-state index is -5.62. The Labute approximate surface area is 134 Å². The third-order valence-corrected chi connectivity index (χ3v) is 3.93. The molecule has 7 heteroatoms. The summed E-state index contributed by atoms with van der Waals surface area (Å²) in [5, 5.41) is 9.47. The zero-order valence-electron chi connectivity index (χ0n) is 12.8. The fourth-order valence-electron chi connectivity index (χ4n) is 2.75. The van der Waals surface area contributed by atoms with E-state index in [9.17, 15) is 31.4 Å². The zero-order chi connectivity index (χ0) is 18.3. The van der Waals surface area contributed by atoms with Crippen molar-refractivity contribution >= 4 is 0 Å². The van der Waals surface area contributed by atoms with Gasteiger partial charge < -0.3 is 5.11 Å². The van der Waals surface area contributed by atoms with E-state index in [0.29, 0.717) is 6.07 Å². The Bertz CT molecular complexity index is 731. The van der Waals surface area contributed by atoms with Gasteiger partial charge in [0.2, 0.25) is 5.41 Å². The van der Waals surface area contributed by atoms with E-state index in [1.807, 2.05) is 0 Å². The molecule has 0 aliphatic carbocycles. The molecule has 0 bridgehead atoms. The number of phenols is 1. The van der Waals surface area contributed by atoms with Gasteiger partial charge in [-0.05, 0) is 36.6 Å². The summed E-state index contributed by atoms with van der Waals surface area (Å²) < 4.78 is 82.9. The molecule has 0 aliphatic heterocycles. The third-order valence-electron chi connectivity index (χ3n) is 3.93. The number of hydrogen-bond donors (Lipinski definition) is 1. The molecule has 2 aromatic rings. The van der Waals surface area contributed by atoms with Gasteiger partial charge in [-0.1, -0.05) is 42.0 Å². The Morgan fingerprint density at radius 3 is 1.75 bits per heavy atom. The largest absolute Gasteiger partial charge is 0.508 e. The molecule has 2 aromatic carbocycles. The number of alkyl halides is 6. The molecule has 0 radical (unpaired) electrons. The number of phenolic OH excluding ortho intramolecular Hbond substituents is 1. The fraction of sp³-hybridized carbons (Fsp3) is 0.294.